The first-order chi connectivity index (χ1) is 8.81. The van der Waals surface area contributed by atoms with Gasteiger partial charge in [-0.2, -0.15) is 0 Å². The molecule has 2 N–H and O–H groups in total. The third-order valence-corrected chi connectivity index (χ3v) is 3.08. The molecule has 0 saturated carbocycles. The zero-order chi connectivity index (χ0) is 12.4. The molecule has 0 aliphatic carbocycles. The van der Waals surface area contributed by atoms with E-state index in [2.05, 4.69) is 17.4 Å². The molecular formula is C15H15NO2. The molecule has 0 spiro atoms. The summed E-state index contributed by atoms with van der Waals surface area (Å²) in [7, 11) is 0. The van der Waals surface area contributed by atoms with Crippen molar-refractivity contribution in [2.24, 2.45) is 0 Å². The summed E-state index contributed by atoms with van der Waals surface area (Å²) in [4.78, 5) is 0. The molecule has 1 aliphatic rings. The van der Waals surface area contributed by atoms with Crippen LogP contribution in [-0.4, -0.2) is 17.8 Å². The van der Waals surface area contributed by atoms with E-state index < -0.39 is 0 Å². The lowest BCUT2D eigenvalue weighted by Gasteiger charge is -2.27. The van der Waals surface area contributed by atoms with Crippen LogP contribution in [-0.2, 0) is 6.42 Å². The molecule has 2 aromatic rings. The van der Waals surface area contributed by atoms with Gasteiger partial charge in [-0.15, -0.1) is 0 Å². The number of fused-ring (bicyclic) bond motifs is 1. The van der Waals surface area contributed by atoms with E-state index in [1.54, 1.807) is 18.2 Å². The molecule has 3 heteroatoms. The lowest BCUT2D eigenvalue weighted by molar-refractivity contribution is 0.206. The summed E-state index contributed by atoms with van der Waals surface area (Å²) >= 11 is 0. The summed E-state index contributed by atoms with van der Waals surface area (Å²) in [5.74, 6) is 1.06. The average molecular weight is 241 g/mol. The SMILES string of the molecule is Oc1ccc2c(c1)NCC(Cc1ccccc1)O2. The highest BCUT2D eigenvalue weighted by Crippen LogP contribution is 2.32. The maximum atomic E-state index is 9.39. The molecule has 92 valence electrons. The van der Waals surface area contributed by atoms with Crippen LogP contribution < -0.4 is 10.1 Å². The number of anilines is 1. The second kappa shape index (κ2) is 4.61. The molecule has 3 rings (SSSR count). The molecule has 0 bridgehead atoms. The molecule has 0 radical (unpaired) electrons. The predicted molar refractivity (Wildman–Crippen MR) is 71.2 cm³/mol. The molecule has 18 heavy (non-hydrogen) atoms. The Bertz CT molecular complexity index is 539. The number of phenols is 1. The first-order valence-corrected chi connectivity index (χ1v) is 6.09. The number of benzene rings is 2. The van der Waals surface area contributed by atoms with Crippen molar-refractivity contribution in [1.82, 2.24) is 0 Å². The van der Waals surface area contributed by atoms with Crippen molar-refractivity contribution in [2.45, 2.75) is 12.5 Å². The molecule has 2 aromatic carbocycles. The van der Waals surface area contributed by atoms with Crippen molar-refractivity contribution in [3.63, 3.8) is 0 Å². The topological polar surface area (TPSA) is 41.5 Å². The summed E-state index contributed by atoms with van der Waals surface area (Å²) in [6, 6.07) is 15.4. The van der Waals surface area contributed by atoms with Crippen molar-refractivity contribution in [1.29, 1.82) is 0 Å². The fourth-order valence-corrected chi connectivity index (χ4v) is 2.19. The Labute approximate surface area is 106 Å². The highest BCUT2D eigenvalue weighted by molar-refractivity contribution is 5.60. The van der Waals surface area contributed by atoms with Crippen LogP contribution in [0.25, 0.3) is 0 Å². The van der Waals surface area contributed by atoms with Crippen molar-refractivity contribution in [3.8, 4) is 11.5 Å². The van der Waals surface area contributed by atoms with Crippen LogP contribution in [0, 0.1) is 0 Å². The van der Waals surface area contributed by atoms with E-state index in [-0.39, 0.29) is 11.9 Å². The zero-order valence-corrected chi connectivity index (χ0v) is 9.97. The van der Waals surface area contributed by atoms with Gasteiger partial charge >= 0.3 is 0 Å². The van der Waals surface area contributed by atoms with Crippen molar-refractivity contribution in [3.05, 3.63) is 54.1 Å². The van der Waals surface area contributed by atoms with Gasteiger partial charge in [0.05, 0.1) is 12.2 Å². The van der Waals surface area contributed by atoms with Gasteiger partial charge in [0, 0.05) is 12.5 Å². The van der Waals surface area contributed by atoms with Crippen LogP contribution in [0.5, 0.6) is 11.5 Å². The minimum Gasteiger partial charge on any atom is -0.508 e. The fourth-order valence-electron chi connectivity index (χ4n) is 2.19. The Hall–Kier alpha value is -2.16. The highest BCUT2D eigenvalue weighted by atomic mass is 16.5. The van der Waals surface area contributed by atoms with Crippen molar-refractivity contribution < 1.29 is 9.84 Å². The smallest absolute Gasteiger partial charge is 0.143 e. The molecule has 1 unspecified atom stereocenters. The third kappa shape index (κ3) is 2.25. The first-order valence-electron chi connectivity index (χ1n) is 6.09. The second-order valence-corrected chi connectivity index (χ2v) is 4.49. The van der Waals surface area contributed by atoms with Gasteiger partial charge in [0.2, 0.25) is 0 Å². The second-order valence-electron chi connectivity index (χ2n) is 4.49. The minimum absolute atomic E-state index is 0.129. The largest absolute Gasteiger partial charge is 0.508 e. The zero-order valence-electron chi connectivity index (χ0n) is 9.97. The summed E-state index contributed by atoms with van der Waals surface area (Å²) < 4.78 is 5.92. The number of rotatable bonds is 2. The molecule has 1 aliphatic heterocycles. The summed E-state index contributed by atoms with van der Waals surface area (Å²) in [5.41, 5.74) is 2.13. The van der Waals surface area contributed by atoms with E-state index in [0.717, 1.165) is 24.4 Å². The number of hydrogen-bond donors (Lipinski definition) is 2. The Balaban J connectivity index is 1.73. The predicted octanol–water partition coefficient (Wildman–Crippen LogP) is 2.81. The molecule has 0 fully saturated rings. The minimum atomic E-state index is 0.129. The third-order valence-electron chi connectivity index (χ3n) is 3.08. The average Bonchev–Trinajstić information content (AvgIpc) is 2.40. The van der Waals surface area contributed by atoms with E-state index in [9.17, 15) is 5.11 Å². The lowest BCUT2D eigenvalue weighted by atomic mass is 10.1. The van der Waals surface area contributed by atoms with E-state index in [0.29, 0.717) is 0 Å². The van der Waals surface area contributed by atoms with E-state index in [1.807, 2.05) is 18.2 Å². The standard InChI is InChI=1S/C15H15NO2/c17-12-6-7-15-14(9-12)16-10-13(18-15)8-11-4-2-1-3-5-11/h1-7,9,13,16-17H,8,10H2. The van der Waals surface area contributed by atoms with Gasteiger partial charge in [0.25, 0.3) is 0 Å². The highest BCUT2D eigenvalue weighted by Gasteiger charge is 2.19. The Morgan fingerprint density at radius 1 is 1.17 bits per heavy atom. The molecule has 1 atom stereocenters. The quantitative estimate of drug-likeness (QED) is 0.849. The van der Waals surface area contributed by atoms with Gasteiger partial charge in [0.15, 0.2) is 0 Å². The van der Waals surface area contributed by atoms with Gasteiger partial charge < -0.3 is 15.2 Å². The fraction of sp³-hybridized carbons (Fsp3) is 0.200. The van der Waals surface area contributed by atoms with Gasteiger partial charge in [-0.05, 0) is 17.7 Å². The number of hydrogen-bond acceptors (Lipinski definition) is 3. The van der Waals surface area contributed by atoms with Crippen LogP contribution in [0.2, 0.25) is 0 Å². The van der Waals surface area contributed by atoms with Crippen molar-refractivity contribution >= 4 is 5.69 Å². The van der Waals surface area contributed by atoms with Crippen LogP contribution in [0.4, 0.5) is 5.69 Å². The first kappa shape index (κ1) is 11.0. The Morgan fingerprint density at radius 2 is 2.00 bits per heavy atom. The molecule has 0 saturated heterocycles. The van der Waals surface area contributed by atoms with Gasteiger partial charge in [-0.3, -0.25) is 0 Å². The number of phenolic OH excluding ortho intramolecular Hbond substituents is 1. The molecular weight excluding hydrogens is 226 g/mol. The maximum Gasteiger partial charge on any atom is 0.143 e. The van der Waals surface area contributed by atoms with Crippen LogP contribution in [0.15, 0.2) is 48.5 Å². The molecule has 0 aromatic heterocycles. The van der Waals surface area contributed by atoms with Crippen LogP contribution in [0.3, 0.4) is 0 Å². The Morgan fingerprint density at radius 3 is 2.83 bits per heavy atom. The van der Waals surface area contributed by atoms with Crippen LogP contribution >= 0.6 is 0 Å². The monoisotopic (exact) mass is 241 g/mol. The van der Waals surface area contributed by atoms with Crippen LogP contribution in [0.1, 0.15) is 5.56 Å². The van der Waals surface area contributed by atoms with Gasteiger partial charge in [-0.25, -0.2) is 0 Å². The molecule has 0 amide bonds. The van der Waals surface area contributed by atoms with E-state index in [1.165, 1.54) is 5.56 Å². The molecule has 1 heterocycles. The number of aromatic hydroxyl groups is 1. The Kier molecular flexibility index (Phi) is 2.81. The van der Waals surface area contributed by atoms with Crippen molar-refractivity contribution in [2.75, 3.05) is 11.9 Å². The normalized spacial score (nSPS) is 17.4. The maximum absolute atomic E-state index is 9.39. The molecule has 3 nitrogen and oxygen atoms in total. The summed E-state index contributed by atoms with van der Waals surface area (Å²) in [5, 5.41) is 12.7. The lowest BCUT2D eigenvalue weighted by Crippen LogP contribution is -2.32. The van der Waals surface area contributed by atoms with Gasteiger partial charge in [0.1, 0.15) is 17.6 Å². The van der Waals surface area contributed by atoms with E-state index in [4.69, 9.17) is 4.74 Å². The number of ether oxygens (including phenoxy) is 1. The summed E-state index contributed by atoms with van der Waals surface area (Å²) in [6.07, 6.45) is 1.01. The summed E-state index contributed by atoms with van der Waals surface area (Å²) in [6.45, 7) is 0.755. The van der Waals surface area contributed by atoms with Gasteiger partial charge in [-0.1, -0.05) is 30.3 Å². The number of nitrogens with one attached hydrogen (secondary N) is 1. The van der Waals surface area contributed by atoms with E-state index >= 15 is 0 Å².